The predicted octanol–water partition coefficient (Wildman–Crippen LogP) is 1.52. The molecule has 0 unspecified atom stereocenters. The first-order chi connectivity index (χ1) is 9.74. The van der Waals surface area contributed by atoms with Crippen molar-refractivity contribution >= 4 is 22.4 Å². The molecule has 2 aliphatic heterocycles. The maximum Gasteiger partial charge on any atom is 0.273 e. The zero-order valence-corrected chi connectivity index (χ0v) is 12.9. The lowest BCUT2D eigenvalue weighted by molar-refractivity contribution is 0.0659. The average Bonchev–Trinajstić information content (AvgIpc) is 2.98. The Hall–Kier alpha value is -1.14. The summed E-state index contributed by atoms with van der Waals surface area (Å²) < 4.78 is 0. The molecule has 1 amide bonds. The first-order valence-electron chi connectivity index (χ1n) is 7.42. The van der Waals surface area contributed by atoms with Gasteiger partial charge in [0, 0.05) is 44.6 Å². The van der Waals surface area contributed by atoms with Crippen LogP contribution in [0.4, 0.5) is 5.13 Å². The highest BCUT2D eigenvalue weighted by atomic mass is 32.1. The number of likely N-dealkylation sites (N-methyl/N-ethyl adjacent to an activating group) is 1. The Morgan fingerprint density at radius 3 is 2.50 bits per heavy atom. The van der Waals surface area contributed by atoms with E-state index >= 15 is 0 Å². The number of aromatic nitrogens is 1. The smallest absolute Gasteiger partial charge is 0.273 e. The summed E-state index contributed by atoms with van der Waals surface area (Å²) in [4.78, 5) is 23.5. The van der Waals surface area contributed by atoms with Gasteiger partial charge in [-0.15, -0.1) is 11.3 Å². The van der Waals surface area contributed by atoms with E-state index in [4.69, 9.17) is 0 Å². The number of amides is 1. The van der Waals surface area contributed by atoms with Crippen LogP contribution in [0.15, 0.2) is 5.38 Å². The molecule has 2 fully saturated rings. The third kappa shape index (κ3) is 2.96. The fraction of sp³-hybridized carbons (Fsp3) is 0.714. The summed E-state index contributed by atoms with van der Waals surface area (Å²) in [6.45, 7) is 5.69. The van der Waals surface area contributed by atoms with E-state index < -0.39 is 0 Å². The van der Waals surface area contributed by atoms with E-state index in [-0.39, 0.29) is 5.91 Å². The number of piperazine rings is 1. The molecule has 2 aliphatic rings. The van der Waals surface area contributed by atoms with Crippen molar-refractivity contribution < 1.29 is 4.79 Å². The van der Waals surface area contributed by atoms with Crippen LogP contribution in [0.2, 0.25) is 0 Å². The van der Waals surface area contributed by atoms with Crippen molar-refractivity contribution in [1.82, 2.24) is 14.8 Å². The lowest BCUT2D eigenvalue weighted by atomic mass is 10.1. The highest BCUT2D eigenvalue weighted by Gasteiger charge is 2.23. The maximum atomic E-state index is 12.4. The largest absolute Gasteiger partial charge is 0.348 e. The lowest BCUT2D eigenvalue weighted by Crippen LogP contribution is -2.47. The van der Waals surface area contributed by atoms with Gasteiger partial charge in [0.1, 0.15) is 5.69 Å². The van der Waals surface area contributed by atoms with Gasteiger partial charge in [0.2, 0.25) is 0 Å². The Labute approximate surface area is 124 Å². The summed E-state index contributed by atoms with van der Waals surface area (Å²) in [5, 5.41) is 2.94. The van der Waals surface area contributed by atoms with Gasteiger partial charge in [0.15, 0.2) is 5.13 Å². The summed E-state index contributed by atoms with van der Waals surface area (Å²) in [5.41, 5.74) is 0.625. The van der Waals surface area contributed by atoms with Crippen LogP contribution in [0.5, 0.6) is 0 Å². The number of piperidine rings is 1. The van der Waals surface area contributed by atoms with Crippen LogP contribution in [0.1, 0.15) is 29.8 Å². The molecule has 2 saturated heterocycles. The first kappa shape index (κ1) is 13.8. The van der Waals surface area contributed by atoms with Crippen molar-refractivity contribution in [2.24, 2.45) is 0 Å². The van der Waals surface area contributed by atoms with Crippen molar-refractivity contribution in [3.8, 4) is 0 Å². The second-order valence-corrected chi connectivity index (χ2v) is 6.50. The molecule has 3 rings (SSSR count). The molecule has 0 atom stereocenters. The number of thiazole rings is 1. The molecule has 0 aromatic carbocycles. The third-order valence-corrected chi connectivity index (χ3v) is 5.03. The molecule has 0 saturated carbocycles. The molecule has 0 spiro atoms. The van der Waals surface area contributed by atoms with Gasteiger partial charge < -0.3 is 14.7 Å². The summed E-state index contributed by atoms with van der Waals surface area (Å²) in [5.74, 6) is 0.0950. The van der Waals surface area contributed by atoms with Crippen LogP contribution < -0.4 is 4.90 Å². The molecule has 20 heavy (non-hydrogen) atoms. The fourth-order valence-corrected chi connectivity index (χ4v) is 3.62. The van der Waals surface area contributed by atoms with Crippen molar-refractivity contribution in [2.75, 3.05) is 51.2 Å². The molecule has 3 heterocycles. The van der Waals surface area contributed by atoms with E-state index in [2.05, 4.69) is 21.8 Å². The molecular weight excluding hydrogens is 272 g/mol. The number of hydrogen-bond donors (Lipinski definition) is 0. The van der Waals surface area contributed by atoms with E-state index in [0.29, 0.717) is 5.69 Å². The van der Waals surface area contributed by atoms with Gasteiger partial charge >= 0.3 is 0 Å². The third-order valence-electron chi connectivity index (χ3n) is 4.13. The van der Waals surface area contributed by atoms with Crippen LogP contribution in [-0.2, 0) is 0 Å². The van der Waals surface area contributed by atoms with E-state index in [1.54, 1.807) is 11.3 Å². The zero-order valence-electron chi connectivity index (χ0n) is 12.0. The van der Waals surface area contributed by atoms with E-state index in [9.17, 15) is 4.79 Å². The Morgan fingerprint density at radius 2 is 1.80 bits per heavy atom. The fourth-order valence-electron chi connectivity index (χ4n) is 2.76. The van der Waals surface area contributed by atoms with Crippen molar-refractivity contribution in [3.05, 3.63) is 11.1 Å². The Bertz CT molecular complexity index is 461. The normalized spacial score (nSPS) is 21.2. The number of nitrogens with zero attached hydrogens (tertiary/aromatic N) is 4. The summed E-state index contributed by atoms with van der Waals surface area (Å²) in [7, 11) is 2.10. The Balaban J connectivity index is 1.65. The molecule has 110 valence electrons. The predicted molar refractivity (Wildman–Crippen MR) is 81.6 cm³/mol. The van der Waals surface area contributed by atoms with Gasteiger partial charge in [-0.1, -0.05) is 0 Å². The van der Waals surface area contributed by atoms with Gasteiger partial charge in [0.25, 0.3) is 5.91 Å². The first-order valence-corrected chi connectivity index (χ1v) is 8.30. The minimum Gasteiger partial charge on any atom is -0.348 e. The molecule has 0 bridgehead atoms. The van der Waals surface area contributed by atoms with E-state index in [0.717, 1.165) is 44.4 Å². The molecular formula is C14H22N4OS. The van der Waals surface area contributed by atoms with Gasteiger partial charge in [0.05, 0.1) is 0 Å². The Kier molecular flexibility index (Phi) is 4.21. The molecule has 1 aromatic heterocycles. The lowest BCUT2D eigenvalue weighted by Gasteiger charge is -2.32. The summed E-state index contributed by atoms with van der Waals surface area (Å²) in [6, 6.07) is 0. The van der Waals surface area contributed by atoms with Crippen LogP contribution in [0.25, 0.3) is 0 Å². The van der Waals surface area contributed by atoms with E-state index in [1.807, 2.05) is 10.3 Å². The zero-order chi connectivity index (χ0) is 13.9. The van der Waals surface area contributed by atoms with Crippen LogP contribution in [-0.4, -0.2) is 67.0 Å². The van der Waals surface area contributed by atoms with Gasteiger partial charge in [-0.3, -0.25) is 4.79 Å². The minimum atomic E-state index is 0.0950. The van der Waals surface area contributed by atoms with Gasteiger partial charge in [-0.25, -0.2) is 4.98 Å². The average molecular weight is 294 g/mol. The molecule has 5 nitrogen and oxygen atoms in total. The topological polar surface area (TPSA) is 39.7 Å². The Morgan fingerprint density at radius 1 is 1.10 bits per heavy atom. The minimum absolute atomic E-state index is 0.0950. The van der Waals surface area contributed by atoms with Crippen LogP contribution >= 0.6 is 11.3 Å². The highest BCUT2D eigenvalue weighted by molar-refractivity contribution is 7.13. The standard InChI is InChI=1S/C14H22N4OS/c1-16-7-9-17(10-8-16)13(19)12-11-20-14(15-12)18-5-3-2-4-6-18/h11H,2-10H2,1H3. The van der Waals surface area contributed by atoms with Crippen molar-refractivity contribution in [3.63, 3.8) is 0 Å². The molecule has 6 heteroatoms. The SMILES string of the molecule is CN1CCN(C(=O)c2csc(N3CCCCC3)n2)CC1. The molecule has 0 radical (unpaired) electrons. The van der Waals surface area contributed by atoms with Crippen molar-refractivity contribution in [2.45, 2.75) is 19.3 Å². The number of hydrogen-bond acceptors (Lipinski definition) is 5. The van der Waals surface area contributed by atoms with Crippen LogP contribution in [0.3, 0.4) is 0 Å². The number of carbonyl (C=O) groups is 1. The number of carbonyl (C=O) groups excluding carboxylic acids is 1. The monoisotopic (exact) mass is 294 g/mol. The van der Waals surface area contributed by atoms with Crippen LogP contribution in [0, 0.1) is 0 Å². The van der Waals surface area contributed by atoms with E-state index in [1.165, 1.54) is 19.3 Å². The quantitative estimate of drug-likeness (QED) is 0.829. The molecule has 0 N–H and O–H groups in total. The van der Waals surface area contributed by atoms with Gasteiger partial charge in [-0.05, 0) is 26.3 Å². The number of anilines is 1. The summed E-state index contributed by atoms with van der Waals surface area (Å²) >= 11 is 1.61. The molecule has 1 aromatic rings. The molecule has 0 aliphatic carbocycles. The second-order valence-electron chi connectivity index (χ2n) is 5.66. The summed E-state index contributed by atoms with van der Waals surface area (Å²) in [6.07, 6.45) is 3.79. The highest BCUT2D eigenvalue weighted by Crippen LogP contribution is 2.24. The van der Waals surface area contributed by atoms with Gasteiger partial charge in [-0.2, -0.15) is 0 Å². The maximum absolute atomic E-state index is 12.4. The van der Waals surface area contributed by atoms with Crippen molar-refractivity contribution in [1.29, 1.82) is 0 Å². The number of rotatable bonds is 2. The second kappa shape index (κ2) is 6.10.